The number of ether oxygens (including phenoxy) is 1. The lowest BCUT2D eigenvalue weighted by Gasteiger charge is -2.28. The summed E-state index contributed by atoms with van der Waals surface area (Å²) in [6.45, 7) is 6.72. The van der Waals surface area contributed by atoms with Gasteiger partial charge in [0.2, 0.25) is 0 Å². The van der Waals surface area contributed by atoms with E-state index in [1.54, 1.807) is 6.92 Å². The van der Waals surface area contributed by atoms with Gasteiger partial charge in [0.25, 0.3) is 0 Å². The van der Waals surface area contributed by atoms with Crippen LogP contribution in [0, 0.1) is 6.92 Å². The second kappa shape index (κ2) is 3.30. The van der Waals surface area contributed by atoms with Gasteiger partial charge in [-0.2, -0.15) is 0 Å². The summed E-state index contributed by atoms with van der Waals surface area (Å²) >= 11 is 0. The fourth-order valence-electron chi connectivity index (χ4n) is 1.49. The molecule has 0 aromatic heterocycles. The van der Waals surface area contributed by atoms with Crippen LogP contribution >= 0.6 is 0 Å². The summed E-state index contributed by atoms with van der Waals surface area (Å²) in [6.07, 6.45) is -2.52. The molecule has 0 aromatic rings. The molecule has 4 nitrogen and oxygen atoms in total. The molecule has 4 heteroatoms. The van der Waals surface area contributed by atoms with Crippen LogP contribution in [0.25, 0.3) is 0 Å². The maximum Gasteiger partial charge on any atom is 0.121 e. The Morgan fingerprint density at radius 2 is 2.17 bits per heavy atom. The topological polar surface area (TPSA) is 69.9 Å². The van der Waals surface area contributed by atoms with E-state index in [1.807, 2.05) is 0 Å². The summed E-state index contributed by atoms with van der Waals surface area (Å²) in [6, 6.07) is 0. The largest absolute Gasteiger partial charge is 0.394 e. The summed E-state index contributed by atoms with van der Waals surface area (Å²) in [5.74, 6) is 0. The van der Waals surface area contributed by atoms with E-state index in [0.717, 1.165) is 0 Å². The molecule has 1 rings (SSSR count). The molecular formula is C8H14O4. The molecule has 1 saturated heterocycles. The third kappa shape index (κ3) is 1.25. The van der Waals surface area contributed by atoms with Gasteiger partial charge in [-0.05, 0) is 13.3 Å². The Labute approximate surface area is 71.8 Å². The van der Waals surface area contributed by atoms with Crippen molar-refractivity contribution >= 4 is 0 Å². The normalized spacial score (nSPS) is 48.2. The van der Waals surface area contributed by atoms with E-state index in [4.69, 9.17) is 16.8 Å². The Morgan fingerprint density at radius 1 is 1.58 bits per heavy atom. The number of aliphatic hydroxyl groups is 3. The Morgan fingerprint density at radius 3 is 2.50 bits per heavy atom. The van der Waals surface area contributed by atoms with Gasteiger partial charge in [-0.15, -0.1) is 0 Å². The van der Waals surface area contributed by atoms with Crippen molar-refractivity contribution in [2.45, 2.75) is 37.3 Å². The van der Waals surface area contributed by atoms with Crippen molar-refractivity contribution in [3.63, 3.8) is 0 Å². The molecule has 0 spiro atoms. The zero-order valence-electron chi connectivity index (χ0n) is 6.97. The maximum atomic E-state index is 9.78. The summed E-state index contributed by atoms with van der Waals surface area (Å²) in [4.78, 5) is 0. The van der Waals surface area contributed by atoms with E-state index in [0.29, 0.717) is 6.42 Å². The molecular weight excluding hydrogens is 160 g/mol. The zero-order valence-corrected chi connectivity index (χ0v) is 6.97. The fourth-order valence-corrected chi connectivity index (χ4v) is 1.49. The van der Waals surface area contributed by atoms with Gasteiger partial charge in [-0.25, -0.2) is 0 Å². The van der Waals surface area contributed by atoms with E-state index < -0.39 is 23.9 Å². The van der Waals surface area contributed by atoms with Crippen LogP contribution < -0.4 is 0 Å². The minimum atomic E-state index is -1.41. The van der Waals surface area contributed by atoms with Crippen molar-refractivity contribution in [3.05, 3.63) is 6.92 Å². The average Bonchev–Trinajstić information content (AvgIpc) is 2.30. The smallest absolute Gasteiger partial charge is 0.121 e. The first-order valence-electron chi connectivity index (χ1n) is 3.98. The van der Waals surface area contributed by atoms with E-state index in [2.05, 4.69) is 0 Å². The standard InChI is InChI=1S/C8H14O4/c1-3-8(11)6(4-9)12-5(2)7(8)10/h2,5-7,9-11H,3-4H2,1H3/t5-,6+,7?,8-/m0/s1. The SMILES string of the molecule is [CH][C@@H]1O[C@H](CO)[C@@](O)(CC)C1O. The monoisotopic (exact) mass is 174 g/mol. The van der Waals surface area contributed by atoms with E-state index in [-0.39, 0.29) is 6.61 Å². The van der Waals surface area contributed by atoms with Crippen LogP contribution in [0.3, 0.4) is 0 Å². The molecule has 1 aliphatic rings. The molecule has 0 aliphatic carbocycles. The lowest BCUT2D eigenvalue weighted by atomic mass is 9.89. The minimum Gasteiger partial charge on any atom is -0.394 e. The molecule has 4 atom stereocenters. The quantitative estimate of drug-likeness (QED) is 0.500. The van der Waals surface area contributed by atoms with Crippen molar-refractivity contribution in [2.75, 3.05) is 6.61 Å². The zero-order chi connectivity index (χ0) is 9.35. The van der Waals surface area contributed by atoms with E-state index in [1.165, 1.54) is 0 Å². The van der Waals surface area contributed by atoms with E-state index >= 15 is 0 Å². The number of hydrogen-bond donors (Lipinski definition) is 3. The van der Waals surface area contributed by atoms with Gasteiger partial charge in [0.15, 0.2) is 0 Å². The van der Waals surface area contributed by atoms with Crippen LogP contribution in [0.4, 0.5) is 0 Å². The predicted octanol–water partition coefficient (Wildman–Crippen LogP) is -1.04. The third-order valence-corrected chi connectivity index (χ3v) is 2.43. The first-order chi connectivity index (χ1) is 5.56. The van der Waals surface area contributed by atoms with Gasteiger partial charge in [-0.1, -0.05) is 6.92 Å². The second-order valence-electron chi connectivity index (χ2n) is 3.06. The summed E-state index contributed by atoms with van der Waals surface area (Å²) in [5.41, 5.74) is -1.41. The predicted molar refractivity (Wildman–Crippen MR) is 41.3 cm³/mol. The van der Waals surface area contributed by atoms with Crippen LogP contribution in [0.2, 0.25) is 0 Å². The number of aliphatic hydroxyl groups excluding tert-OH is 2. The van der Waals surface area contributed by atoms with Crippen molar-refractivity contribution < 1.29 is 20.1 Å². The molecule has 0 bridgehead atoms. The van der Waals surface area contributed by atoms with Crippen LogP contribution in [-0.4, -0.2) is 45.8 Å². The maximum absolute atomic E-state index is 9.78. The molecule has 12 heavy (non-hydrogen) atoms. The minimum absolute atomic E-state index is 0.299. The summed E-state index contributed by atoms with van der Waals surface area (Å²) in [5, 5.41) is 28.0. The molecule has 0 amide bonds. The van der Waals surface area contributed by atoms with Crippen molar-refractivity contribution in [1.82, 2.24) is 0 Å². The van der Waals surface area contributed by atoms with Gasteiger partial charge >= 0.3 is 0 Å². The van der Waals surface area contributed by atoms with Crippen LogP contribution in [0.1, 0.15) is 13.3 Å². The van der Waals surface area contributed by atoms with Gasteiger partial charge in [0.05, 0.1) is 12.7 Å². The lowest BCUT2D eigenvalue weighted by Crippen LogP contribution is -2.48. The number of hydrogen-bond acceptors (Lipinski definition) is 4. The third-order valence-electron chi connectivity index (χ3n) is 2.43. The summed E-state index contributed by atoms with van der Waals surface area (Å²) in [7, 11) is 0. The molecule has 70 valence electrons. The Bertz CT molecular complexity index is 161. The molecule has 3 N–H and O–H groups in total. The van der Waals surface area contributed by atoms with Crippen molar-refractivity contribution in [1.29, 1.82) is 0 Å². The lowest BCUT2D eigenvalue weighted by molar-refractivity contribution is -0.0940. The molecule has 0 aromatic carbocycles. The van der Waals surface area contributed by atoms with Gasteiger partial charge in [-0.3, -0.25) is 0 Å². The highest BCUT2D eigenvalue weighted by atomic mass is 16.6. The van der Waals surface area contributed by atoms with Crippen molar-refractivity contribution in [2.24, 2.45) is 0 Å². The Kier molecular flexibility index (Phi) is 2.73. The first kappa shape index (κ1) is 9.92. The van der Waals surface area contributed by atoms with Crippen LogP contribution in [0.15, 0.2) is 0 Å². The molecule has 1 aliphatic heterocycles. The fraction of sp³-hybridized carbons (Fsp3) is 0.875. The van der Waals surface area contributed by atoms with E-state index in [9.17, 15) is 10.2 Å². The van der Waals surface area contributed by atoms with Crippen LogP contribution in [-0.2, 0) is 4.74 Å². The molecule has 1 heterocycles. The van der Waals surface area contributed by atoms with Gasteiger partial charge < -0.3 is 20.1 Å². The Hall–Kier alpha value is -0.160. The molecule has 1 unspecified atom stereocenters. The van der Waals surface area contributed by atoms with Crippen molar-refractivity contribution in [3.8, 4) is 0 Å². The molecule has 1 fully saturated rings. The molecule has 2 radical (unpaired) electrons. The Balaban J connectivity index is 2.80. The highest BCUT2D eigenvalue weighted by Crippen LogP contribution is 2.33. The molecule has 0 saturated carbocycles. The average molecular weight is 174 g/mol. The van der Waals surface area contributed by atoms with Gasteiger partial charge in [0.1, 0.15) is 17.8 Å². The van der Waals surface area contributed by atoms with Crippen LogP contribution in [0.5, 0.6) is 0 Å². The highest BCUT2D eigenvalue weighted by Gasteiger charge is 2.52. The first-order valence-corrected chi connectivity index (χ1v) is 3.98. The summed E-state index contributed by atoms with van der Waals surface area (Å²) < 4.78 is 4.96. The second-order valence-corrected chi connectivity index (χ2v) is 3.06. The van der Waals surface area contributed by atoms with Gasteiger partial charge in [0, 0.05) is 0 Å². The highest BCUT2D eigenvalue weighted by molar-refractivity contribution is 5.03. The number of rotatable bonds is 2.